The van der Waals surface area contributed by atoms with Gasteiger partial charge in [0.1, 0.15) is 5.00 Å². The summed E-state index contributed by atoms with van der Waals surface area (Å²) in [7, 11) is 0. The molecule has 0 radical (unpaired) electrons. The molecule has 0 spiro atoms. The first-order valence-electron chi connectivity index (χ1n) is 9.69. The lowest BCUT2D eigenvalue weighted by molar-refractivity contribution is -0.121. The van der Waals surface area contributed by atoms with Gasteiger partial charge in [-0.15, -0.1) is 11.3 Å². The van der Waals surface area contributed by atoms with E-state index in [2.05, 4.69) is 10.6 Å². The molecular formula is C21H25N3O4S. The average Bonchev–Trinajstić information content (AvgIpc) is 3.17. The van der Waals surface area contributed by atoms with E-state index in [4.69, 9.17) is 4.74 Å². The van der Waals surface area contributed by atoms with Crippen molar-refractivity contribution in [2.24, 2.45) is 5.92 Å². The first-order chi connectivity index (χ1) is 14.1. The third kappa shape index (κ3) is 5.88. The lowest BCUT2D eigenvalue weighted by atomic mass is 9.96. The molecule has 1 aromatic heterocycles. The Balaban J connectivity index is 1.45. The highest BCUT2D eigenvalue weighted by Crippen LogP contribution is 2.24. The minimum absolute atomic E-state index is 0.0259. The molecule has 2 heterocycles. The van der Waals surface area contributed by atoms with E-state index in [0.29, 0.717) is 36.5 Å². The summed E-state index contributed by atoms with van der Waals surface area (Å²) in [5.41, 5.74) is 1.18. The Kier molecular flexibility index (Phi) is 7.37. The summed E-state index contributed by atoms with van der Waals surface area (Å²) in [6.07, 6.45) is 1.41. The van der Waals surface area contributed by atoms with Crippen LogP contribution in [0.4, 0.5) is 10.7 Å². The lowest BCUT2D eigenvalue weighted by Gasteiger charge is -2.30. The normalized spacial score (nSPS) is 14.9. The predicted octanol–water partition coefficient (Wildman–Crippen LogP) is 3.21. The molecule has 3 rings (SSSR count). The van der Waals surface area contributed by atoms with Gasteiger partial charge in [-0.05, 0) is 56.4 Å². The van der Waals surface area contributed by atoms with Crippen LogP contribution in [0.2, 0.25) is 0 Å². The second kappa shape index (κ2) is 10.2. The SMILES string of the molecule is CCOC(=O)c1ccsc1NC(=O)CN1CCC(C(=O)Nc2ccccc2)CC1. The van der Waals surface area contributed by atoms with Gasteiger partial charge in [-0.3, -0.25) is 14.5 Å². The monoisotopic (exact) mass is 415 g/mol. The minimum atomic E-state index is -0.436. The molecule has 0 unspecified atom stereocenters. The Labute approximate surface area is 174 Å². The quantitative estimate of drug-likeness (QED) is 0.678. The van der Waals surface area contributed by atoms with Gasteiger partial charge in [-0.2, -0.15) is 0 Å². The Hall–Kier alpha value is -2.71. The molecule has 154 valence electrons. The van der Waals surface area contributed by atoms with E-state index in [-0.39, 0.29) is 30.9 Å². The number of hydrogen-bond donors (Lipinski definition) is 2. The predicted molar refractivity (Wildman–Crippen MR) is 113 cm³/mol. The van der Waals surface area contributed by atoms with Crippen molar-refractivity contribution in [3.63, 3.8) is 0 Å². The van der Waals surface area contributed by atoms with Crippen LogP contribution in [0.1, 0.15) is 30.1 Å². The maximum Gasteiger partial charge on any atom is 0.341 e. The zero-order chi connectivity index (χ0) is 20.6. The van der Waals surface area contributed by atoms with Crippen LogP contribution in [0, 0.1) is 5.92 Å². The molecular weight excluding hydrogens is 390 g/mol. The van der Waals surface area contributed by atoms with E-state index in [0.717, 1.165) is 5.69 Å². The molecule has 1 saturated heterocycles. The van der Waals surface area contributed by atoms with Crippen LogP contribution in [-0.4, -0.2) is 48.9 Å². The fourth-order valence-corrected chi connectivity index (χ4v) is 4.06. The zero-order valence-electron chi connectivity index (χ0n) is 16.3. The summed E-state index contributed by atoms with van der Waals surface area (Å²) in [5, 5.41) is 8.00. The van der Waals surface area contributed by atoms with Gasteiger partial charge in [0.05, 0.1) is 18.7 Å². The number of likely N-dealkylation sites (tertiary alicyclic amines) is 1. The Morgan fingerprint density at radius 1 is 1.10 bits per heavy atom. The number of hydrogen-bond acceptors (Lipinski definition) is 6. The number of amides is 2. The highest BCUT2D eigenvalue weighted by molar-refractivity contribution is 7.14. The van der Waals surface area contributed by atoms with Gasteiger partial charge in [0.25, 0.3) is 0 Å². The summed E-state index contributed by atoms with van der Waals surface area (Å²) >= 11 is 1.30. The van der Waals surface area contributed by atoms with Gasteiger partial charge in [0.2, 0.25) is 11.8 Å². The number of carbonyl (C=O) groups is 3. The number of thiophene rings is 1. The van der Waals surface area contributed by atoms with E-state index in [1.165, 1.54) is 11.3 Å². The number of nitrogens with zero attached hydrogens (tertiary/aromatic N) is 1. The zero-order valence-corrected chi connectivity index (χ0v) is 17.2. The van der Waals surface area contributed by atoms with Crippen LogP contribution in [0.15, 0.2) is 41.8 Å². The van der Waals surface area contributed by atoms with Gasteiger partial charge in [0.15, 0.2) is 0 Å². The Morgan fingerprint density at radius 2 is 1.83 bits per heavy atom. The van der Waals surface area contributed by atoms with Crippen molar-refractivity contribution >= 4 is 39.8 Å². The van der Waals surface area contributed by atoms with Crippen LogP contribution in [0.25, 0.3) is 0 Å². The molecule has 0 atom stereocenters. The van der Waals surface area contributed by atoms with E-state index in [1.54, 1.807) is 18.4 Å². The third-order valence-electron chi connectivity index (χ3n) is 4.78. The van der Waals surface area contributed by atoms with Crippen molar-refractivity contribution in [2.75, 3.05) is 36.9 Å². The second-order valence-electron chi connectivity index (χ2n) is 6.84. The van der Waals surface area contributed by atoms with Gasteiger partial charge < -0.3 is 15.4 Å². The molecule has 2 N–H and O–H groups in total. The van der Waals surface area contributed by atoms with Gasteiger partial charge in [-0.1, -0.05) is 18.2 Å². The van der Waals surface area contributed by atoms with E-state index < -0.39 is 5.97 Å². The van der Waals surface area contributed by atoms with Crippen molar-refractivity contribution in [3.05, 3.63) is 47.3 Å². The number of anilines is 2. The molecule has 1 fully saturated rings. The third-order valence-corrected chi connectivity index (χ3v) is 5.61. The Morgan fingerprint density at radius 3 is 2.52 bits per heavy atom. The summed E-state index contributed by atoms with van der Waals surface area (Å²) in [5.74, 6) is -0.639. The first kappa shape index (κ1) is 21.0. The molecule has 0 saturated carbocycles. The number of esters is 1. The minimum Gasteiger partial charge on any atom is -0.462 e. The van der Waals surface area contributed by atoms with Crippen LogP contribution in [-0.2, 0) is 14.3 Å². The second-order valence-corrected chi connectivity index (χ2v) is 7.75. The summed E-state index contributed by atoms with van der Waals surface area (Å²) in [6, 6.07) is 11.1. The number of carbonyl (C=O) groups excluding carboxylic acids is 3. The van der Waals surface area contributed by atoms with Gasteiger partial charge in [0, 0.05) is 11.6 Å². The van der Waals surface area contributed by atoms with Crippen LogP contribution >= 0.6 is 11.3 Å². The lowest BCUT2D eigenvalue weighted by Crippen LogP contribution is -2.41. The van der Waals surface area contributed by atoms with E-state index >= 15 is 0 Å². The van der Waals surface area contributed by atoms with E-state index in [1.807, 2.05) is 35.2 Å². The largest absolute Gasteiger partial charge is 0.462 e. The summed E-state index contributed by atoms with van der Waals surface area (Å²) in [4.78, 5) is 38.7. The molecule has 1 aliphatic heterocycles. The molecule has 1 aliphatic rings. The topological polar surface area (TPSA) is 87.7 Å². The number of piperidine rings is 1. The number of ether oxygens (including phenoxy) is 1. The van der Waals surface area contributed by atoms with Crippen LogP contribution in [0.3, 0.4) is 0 Å². The van der Waals surface area contributed by atoms with Gasteiger partial charge in [-0.25, -0.2) is 4.79 Å². The number of rotatable bonds is 7. The van der Waals surface area contributed by atoms with Crippen molar-refractivity contribution in [2.45, 2.75) is 19.8 Å². The molecule has 8 heteroatoms. The van der Waals surface area contributed by atoms with Crippen molar-refractivity contribution < 1.29 is 19.1 Å². The van der Waals surface area contributed by atoms with Crippen LogP contribution in [0.5, 0.6) is 0 Å². The highest BCUT2D eigenvalue weighted by atomic mass is 32.1. The maximum atomic E-state index is 12.4. The van der Waals surface area contributed by atoms with Gasteiger partial charge >= 0.3 is 5.97 Å². The number of nitrogens with one attached hydrogen (secondary N) is 2. The molecule has 7 nitrogen and oxygen atoms in total. The summed E-state index contributed by atoms with van der Waals surface area (Å²) < 4.78 is 5.00. The smallest absolute Gasteiger partial charge is 0.341 e. The molecule has 0 aliphatic carbocycles. The molecule has 29 heavy (non-hydrogen) atoms. The standard InChI is InChI=1S/C21H25N3O4S/c1-2-28-21(27)17-10-13-29-20(17)23-18(25)14-24-11-8-15(9-12-24)19(26)22-16-6-4-3-5-7-16/h3-7,10,13,15H,2,8-9,11-12,14H2,1H3,(H,22,26)(H,23,25). The first-order valence-corrected chi connectivity index (χ1v) is 10.6. The average molecular weight is 416 g/mol. The molecule has 2 amide bonds. The fourth-order valence-electron chi connectivity index (χ4n) is 3.26. The molecule has 2 aromatic rings. The van der Waals surface area contributed by atoms with Crippen molar-refractivity contribution in [3.8, 4) is 0 Å². The molecule has 1 aromatic carbocycles. The van der Waals surface area contributed by atoms with Crippen molar-refractivity contribution in [1.82, 2.24) is 4.90 Å². The Bertz CT molecular complexity index is 845. The fraction of sp³-hybridized carbons (Fsp3) is 0.381. The summed E-state index contributed by atoms with van der Waals surface area (Å²) in [6.45, 7) is 3.61. The highest BCUT2D eigenvalue weighted by Gasteiger charge is 2.26. The number of benzene rings is 1. The van der Waals surface area contributed by atoms with Crippen molar-refractivity contribution in [1.29, 1.82) is 0 Å². The maximum absolute atomic E-state index is 12.4. The molecule has 0 bridgehead atoms. The van der Waals surface area contributed by atoms with E-state index in [9.17, 15) is 14.4 Å². The number of para-hydroxylation sites is 1. The van der Waals surface area contributed by atoms with Crippen LogP contribution < -0.4 is 10.6 Å².